The minimum Gasteiger partial charge on any atom is -0.478 e. The van der Waals surface area contributed by atoms with Crippen molar-refractivity contribution in [3.63, 3.8) is 0 Å². The number of non-ortho nitro benzene ring substituents is 2. The molecule has 0 heterocycles. The van der Waals surface area contributed by atoms with Gasteiger partial charge in [-0.3, -0.25) is 20.2 Å². The number of rotatable bonds is 4. The first-order chi connectivity index (χ1) is 12.6. The van der Waals surface area contributed by atoms with Crippen molar-refractivity contribution in [1.82, 2.24) is 0 Å². The molecule has 0 atom stereocenters. The van der Waals surface area contributed by atoms with E-state index in [4.69, 9.17) is 28.3 Å². The highest BCUT2D eigenvalue weighted by Crippen LogP contribution is 2.23. The molecule has 0 fully saturated rings. The van der Waals surface area contributed by atoms with Crippen molar-refractivity contribution >= 4 is 46.5 Å². The summed E-state index contributed by atoms with van der Waals surface area (Å²) in [5.74, 6) is -1.98. The van der Waals surface area contributed by atoms with E-state index in [1.54, 1.807) is 0 Å². The molecule has 0 radical (unpaired) electrons. The first kappa shape index (κ1) is 21.8. The van der Waals surface area contributed by atoms with Crippen molar-refractivity contribution in [3.05, 3.63) is 77.8 Å². The molecule has 2 rings (SSSR count). The number of carboxylic acid groups (broad SMARTS) is 1. The topological polar surface area (TPSA) is 150 Å². The summed E-state index contributed by atoms with van der Waals surface area (Å²) in [5.41, 5.74) is -0.768. The van der Waals surface area contributed by atoms with E-state index in [1.165, 1.54) is 25.3 Å². The lowest BCUT2D eigenvalue weighted by atomic mass is 10.2. The van der Waals surface area contributed by atoms with Crippen LogP contribution in [0.1, 0.15) is 20.7 Å². The Kier molecular flexibility index (Phi) is 7.64. The van der Waals surface area contributed by atoms with E-state index in [0.29, 0.717) is 0 Å². The number of benzene rings is 2. The number of carboxylic acids is 1. The molecule has 0 aliphatic rings. The van der Waals surface area contributed by atoms with Gasteiger partial charge >= 0.3 is 11.9 Å². The van der Waals surface area contributed by atoms with Crippen LogP contribution in [0.4, 0.5) is 11.4 Å². The Balaban J connectivity index is 0.000000271. The fraction of sp³-hybridized carbons (Fsp3) is 0.0667. The van der Waals surface area contributed by atoms with Gasteiger partial charge < -0.3 is 9.84 Å². The number of ether oxygens (including phenoxy) is 1. The quantitative estimate of drug-likeness (QED) is 0.446. The molecular weight excluding hydrogens is 407 g/mol. The Hall–Kier alpha value is -3.24. The van der Waals surface area contributed by atoms with Gasteiger partial charge in [0, 0.05) is 24.3 Å². The molecule has 0 bridgehead atoms. The zero-order valence-electron chi connectivity index (χ0n) is 13.4. The molecular formula is C15H10Cl2N2O8. The smallest absolute Gasteiger partial charge is 0.339 e. The summed E-state index contributed by atoms with van der Waals surface area (Å²) in [7, 11) is 1.18. The molecule has 2 aromatic carbocycles. The van der Waals surface area contributed by atoms with E-state index in [9.17, 15) is 29.8 Å². The monoisotopic (exact) mass is 416 g/mol. The Morgan fingerprint density at radius 1 is 0.926 bits per heavy atom. The van der Waals surface area contributed by atoms with E-state index >= 15 is 0 Å². The fourth-order valence-corrected chi connectivity index (χ4v) is 2.08. The number of hydrogen-bond donors (Lipinski definition) is 1. The van der Waals surface area contributed by atoms with Crippen LogP contribution in [-0.4, -0.2) is 34.0 Å². The van der Waals surface area contributed by atoms with Gasteiger partial charge in [0.1, 0.15) is 0 Å². The van der Waals surface area contributed by atoms with E-state index in [0.717, 1.165) is 18.2 Å². The van der Waals surface area contributed by atoms with Crippen molar-refractivity contribution in [1.29, 1.82) is 0 Å². The largest absolute Gasteiger partial charge is 0.478 e. The van der Waals surface area contributed by atoms with Gasteiger partial charge in [0.05, 0.1) is 38.1 Å². The van der Waals surface area contributed by atoms with Crippen molar-refractivity contribution < 1.29 is 29.3 Å². The highest BCUT2D eigenvalue weighted by Gasteiger charge is 2.16. The standard InChI is InChI=1S/C8H6ClNO4.C7H4ClNO4/c1-14-8(11)6-4-5(10(12)13)2-3-7(6)9;8-6-2-1-4(9(12)13)3-5(6)7(10)11/h2-4H,1H3;1-3H,(H,10,11). The summed E-state index contributed by atoms with van der Waals surface area (Å²) in [6.45, 7) is 0. The molecule has 27 heavy (non-hydrogen) atoms. The molecule has 0 amide bonds. The van der Waals surface area contributed by atoms with Crippen LogP contribution in [0.25, 0.3) is 0 Å². The van der Waals surface area contributed by atoms with Gasteiger partial charge in [-0.05, 0) is 12.1 Å². The van der Waals surface area contributed by atoms with Gasteiger partial charge in [-0.1, -0.05) is 23.2 Å². The maximum Gasteiger partial charge on any atom is 0.339 e. The number of carbonyl (C=O) groups excluding carboxylic acids is 1. The number of aromatic carboxylic acids is 1. The lowest BCUT2D eigenvalue weighted by Crippen LogP contribution is -2.02. The summed E-state index contributed by atoms with van der Waals surface area (Å²) in [5, 5.41) is 29.3. The normalized spacial score (nSPS) is 9.59. The maximum atomic E-state index is 11.1. The predicted octanol–water partition coefficient (Wildman–Crippen LogP) is 3.98. The third-order valence-electron chi connectivity index (χ3n) is 2.96. The number of nitro benzene ring substituents is 2. The molecule has 0 spiro atoms. The van der Waals surface area contributed by atoms with Crippen molar-refractivity contribution in [2.45, 2.75) is 0 Å². The number of halogens is 2. The average Bonchev–Trinajstić information content (AvgIpc) is 2.61. The van der Waals surface area contributed by atoms with E-state index in [1.807, 2.05) is 0 Å². The zero-order chi connectivity index (χ0) is 20.7. The first-order valence-corrected chi connectivity index (χ1v) is 7.53. The molecule has 0 aliphatic heterocycles. The lowest BCUT2D eigenvalue weighted by Gasteiger charge is -2.00. The summed E-state index contributed by atoms with van der Waals surface area (Å²) in [6.07, 6.45) is 0. The first-order valence-electron chi connectivity index (χ1n) is 6.78. The van der Waals surface area contributed by atoms with E-state index < -0.39 is 21.8 Å². The molecule has 0 saturated carbocycles. The number of methoxy groups -OCH3 is 1. The van der Waals surface area contributed by atoms with Gasteiger partial charge in [0.25, 0.3) is 11.4 Å². The van der Waals surface area contributed by atoms with E-state index in [-0.39, 0.29) is 32.5 Å². The number of carbonyl (C=O) groups is 2. The third kappa shape index (κ3) is 5.90. The second-order valence-electron chi connectivity index (χ2n) is 4.64. The van der Waals surface area contributed by atoms with Crippen molar-refractivity contribution in [2.24, 2.45) is 0 Å². The highest BCUT2D eigenvalue weighted by atomic mass is 35.5. The predicted molar refractivity (Wildman–Crippen MR) is 94.5 cm³/mol. The summed E-state index contributed by atoms with van der Waals surface area (Å²) in [6, 6.07) is 6.83. The average molecular weight is 417 g/mol. The number of nitrogens with zero attached hydrogens (tertiary/aromatic N) is 2. The number of hydrogen-bond acceptors (Lipinski definition) is 7. The fourth-order valence-electron chi connectivity index (χ4n) is 1.68. The molecule has 0 saturated heterocycles. The summed E-state index contributed by atoms with van der Waals surface area (Å²) in [4.78, 5) is 40.9. The molecule has 2 aromatic rings. The van der Waals surface area contributed by atoms with Crippen LogP contribution in [0, 0.1) is 20.2 Å². The molecule has 12 heteroatoms. The minimum atomic E-state index is -1.28. The van der Waals surface area contributed by atoms with Crippen LogP contribution in [0.15, 0.2) is 36.4 Å². The summed E-state index contributed by atoms with van der Waals surface area (Å²) < 4.78 is 4.41. The van der Waals surface area contributed by atoms with Crippen LogP contribution in [0.5, 0.6) is 0 Å². The van der Waals surface area contributed by atoms with Crippen LogP contribution >= 0.6 is 23.2 Å². The summed E-state index contributed by atoms with van der Waals surface area (Å²) >= 11 is 11.1. The van der Waals surface area contributed by atoms with Crippen LogP contribution in [0.2, 0.25) is 10.0 Å². The van der Waals surface area contributed by atoms with Gasteiger partial charge in [0.15, 0.2) is 0 Å². The molecule has 0 unspecified atom stereocenters. The number of esters is 1. The zero-order valence-corrected chi connectivity index (χ0v) is 14.9. The number of nitro groups is 2. The van der Waals surface area contributed by atoms with Crippen molar-refractivity contribution in [3.8, 4) is 0 Å². The van der Waals surface area contributed by atoms with E-state index in [2.05, 4.69) is 4.74 Å². The molecule has 0 aliphatic carbocycles. The molecule has 0 aromatic heterocycles. The van der Waals surface area contributed by atoms with Gasteiger partial charge in [0.2, 0.25) is 0 Å². The Labute approximate surface area is 161 Å². The maximum absolute atomic E-state index is 11.1. The second-order valence-corrected chi connectivity index (χ2v) is 5.45. The molecule has 1 N–H and O–H groups in total. The van der Waals surface area contributed by atoms with Gasteiger partial charge in [-0.15, -0.1) is 0 Å². The van der Waals surface area contributed by atoms with Crippen LogP contribution in [-0.2, 0) is 4.74 Å². The Morgan fingerprint density at radius 3 is 1.70 bits per heavy atom. The Bertz CT molecular complexity index is 917. The van der Waals surface area contributed by atoms with Crippen LogP contribution in [0.3, 0.4) is 0 Å². The van der Waals surface area contributed by atoms with Gasteiger partial charge in [-0.25, -0.2) is 9.59 Å². The molecule has 142 valence electrons. The Morgan fingerprint density at radius 2 is 1.33 bits per heavy atom. The SMILES string of the molecule is COC(=O)c1cc([N+](=O)[O-])ccc1Cl.O=C(O)c1cc([N+](=O)[O-])ccc1Cl. The highest BCUT2D eigenvalue weighted by molar-refractivity contribution is 6.34. The third-order valence-corrected chi connectivity index (χ3v) is 3.62. The van der Waals surface area contributed by atoms with Crippen LogP contribution < -0.4 is 0 Å². The molecule has 10 nitrogen and oxygen atoms in total. The van der Waals surface area contributed by atoms with Gasteiger partial charge in [-0.2, -0.15) is 0 Å². The second kappa shape index (κ2) is 9.46. The minimum absolute atomic E-state index is 0.0108. The lowest BCUT2D eigenvalue weighted by molar-refractivity contribution is -0.385. The van der Waals surface area contributed by atoms with Crippen molar-refractivity contribution in [2.75, 3.05) is 7.11 Å².